The number of rotatable bonds is 5. The van der Waals surface area contributed by atoms with Crippen molar-refractivity contribution in [1.29, 1.82) is 0 Å². The van der Waals surface area contributed by atoms with Gasteiger partial charge in [-0.3, -0.25) is 9.78 Å². The molecule has 2 aromatic carbocycles. The number of pyridine rings is 1. The second kappa shape index (κ2) is 7.26. The predicted molar refractivity (Wildman–Crippen MR) is 99.9 cm³/mol. The van der Waals surface area contributed by atoms with Crippen LogP contribution in [0.4, 0.5) is 5.69 Å². The molecule has 0 atom stereocenters. The summed E-state index contributed by atoms with van der Waals surface area (Å²) < 4.78 is 0. The third-order valence-corrected chi connectivity index (χ3v) is 4.21. The van der Waals surface area contributed by atoms with Crippen LogP contribution in [0, 0.1) is 6.92 Å². The van der Waals surface area contributed by atoms with Gasteiger partial charge in [0.05, 0.1) is 11.2 Å². The Hall–Kier alpha value is -3.01. The maximum atomic E-state index is 12.9. The number of aryl methyl sites for hydroxylation is 2. The number of carbonyl (C=O) groups is 2. The highest BCUT2D eigenvalue weighted by atomic mass is 16.1. The average Bonchev–Trinajstić information content (AvgIpc) is 2.60. The molecule has 0 unspecified atom stereocenters. The van der Waals surface area contributed by atoms with E-state index in [-0.39, 0.29) is 11.7 Å². The summed E-state index contributed by atoms with van der Waals surface area (Å²) in [6, 6.07) is 15.3. The number of carbonyl (C=O) groups excluding carboxylic acids is 2. The van der Waals surface area contributed by atoms with Gasteiger partial charge in [0, 0.05) is 23.6 Å². The average molecular weight is 332 g/mol. The summed E-state index contributed by atoms with van der Waals surface area (Å²) in [5.74, 6) is -0.0547. The van der Waals surface area contributed by atoms with Crippen LogP contribution in [0.1, 0.15) is 34.8 Å². The molecular formula is C21H20N2O2. The van der Waals surface area contributed by atoms with E-state index in [9.17, 15) is 9.59 Å². The molecule has 3 aromatic rings. The van der Waals surface area contributed by atoms with Gasteiger partial charge in [-0.05, 0) is 43.5 Å². The van der Waals surface area contributed by atoms with Crippen molar-refractivity contribution < 1.29 is 9.59 Å². The minimum atomic E-state index is -0.171. The number of aromatic nitrogens is 1. The van der Waals surface area contributed by atoms with E-state index in [0.29, 0.717) is 24.1 Å². The number of benzene rings is 2. The summed E-state index contributed by atoms with van der Waals surface area (Å²) in [6.07, 6.45) is 2.71. The van der Waals surface area contributed by atoms with Crippen LogP contribution in [0.5, 0.6) is 0 Å². The van der Waals surface area contributed by atoms with Crippen molar-refractivity contribution >= 4 is 28.3 Å². The molecule has 0 saturated heterocycles. The largest absolute Gasteiger partial charge is 0.320 e. The van der Waals surface area contributed by atoms with E-state index in [1.165, 1.54) is 0 Å². The molecule has 0 aliphatic rings. The Morgan fingerprint density at radius 2 is 1.80 bits per heavy atom. The number of nitrogens with zero attached hydrogens (tertiary/aromatic N) is 1. The number of nitrogens with one attached hydrogen (secondary N) is 1. The summed E-state index contributed by atoms with van der Waals surface area (Å²) >= 11 is 0. The maximum Gasteiger partial charge on any atom is 0.256 e. The molecule has 0 aliphatic heterocycles. The van der Waals surface area contributed by atoms with Crippen molar-refractivity contribution in [2.45, 2.75) is 26.7 Å². The third-order valence-electron chi connectivity index (χ3n) is 4.21. The van der Waals surface area contributed by atoms with Crippen LogP contribution in [0.3, 0.4) is 0 Å². The second-order valence-electron chi connectivity index (χ2n) is 6.15. The molecular weight excluding hydrogens is 312 g/mol. The Labute approximate surface area is 146 Å². The predicted octanol–water partition coefficient (Wildman–Crippen LogP) is 4.32. The van der Waals surface area contributed by atoms with Crippen LogP contribution in [-0.2, 0) is 11.2 Å². The first kappa shape index (κ1) is 16.8. The Balaban J connectivity index is 1.94. The van der Waals surface area contributed by atoms with Gasteiger partial charge in [0.25, 0.3) is 5.91 Å². The van der Waals surface area contributed by atoms with E-state index in [1.807, 2.05) is 55.5 Å². The number of amides is 1. The Kier molecular flexibility index (Phi) is 4.89. The first-order chi connectivity index (χ1) is 12.1. The molecule has 4 nitrogen and oxygen atoms in total. The Morgan fingerprint density at radius 1 is 1.04 bits per heavy atom. The first-order valence-electron chi connectivity index (χ1n) is 8.29. The molecule has 4 heteroatoms. The monoisotopic (exact) mass is 332 g/mol. The molecule has 25 heavy (non-hydrogen) atoms. The molecule has 0 radical (unpaired) electrons. The summed E-state index contributed by atoms with van der Waals surface area (Å²) in [5, 5.41) is 3.96. The van der Waals surface area contributed by atoms with Crippen molar-refractivity contribution in [2.24, 2.45) is 0 Å². The fourth-order valence-corrected chi connectivity index (χ4v) is 2.96. The highest BCUT2D eigenvalue weighted by Crippen LogP contribution is 2.23. The molecule has 0 spiro atoms. The minimum absolute atomic E-state index is 0.117. The Bertz CT molecular complexity index is 942. The normalized spacial score (nSPS) is 10.6. The number of para-hydroxylation sites is 1. The van der Waals surface area contributed by atoms with Crippen molar-refractivity contribution in [3.63, 3.8) is 0 Å². The van der Waals surface area contributed by atoms with Gasteiger partial charge in [0.2, 0.25) is 0 Å². The summed E-state index contributed by atoms with van der Waals surface area (Å²) in [6.45, 7) is 3.48. The van der Waals surface area contributed by atoms with Crippen LogP contribution < -0.4 is 5.32 Å². The highest BCUT2D eigenvalue weighted by molar-refractivity contribution is 6.09. The van der Waals surface area contributed by atoms with Gasteiger partial charge in [0.15, 0.2) is 0 Å². The van der Waals surface area contributed by atoms with Crippen LogP contribution in [0.25, 0.3) is 10.9 Å². The molecule has 1 N–H and O–H groups in total. The zero-order valence-electron chi connectivity index (χ0n) is 14.4. The van der Waals surface area contributed by atoms with Crippen LogP contribution >= 0.6 is 0 Å². The molecule has 0 fully saturated rings. The lowest BCUT2D eigenvalue weighted by Crippen LogP contribution is -2.16. The second-order valence-corrected chi connectivity index (χ2v) is 6.15. The van der Waals surface area contributed by atoms with Crippen molar-refractivity contribution in [3.05, 3.63) is 71.4 Å². The zero-order valence-corrected chi connectivity index (χ0v) is 14.4. The van der Waals surface area contributed by atoms with Crippen LogP contribution in [0.15, 0.2) is 54.7 Å². The first-order valence-corrected chi connectivity index (χ1v) is 8.29. The van der Waals surface area contributed by atoms with Crippen LogP contribution in [0.2, 0.25) is 0 Å². The van der Waals surface area contributed by atoms with Crippen molar-refractivity contribution in [1.82, 2.24) is 4.98 Å². The van der Waals surface area contributed by atoms with Crippen molar-refractivity contribution in [3.8, 4) is 0 Å². The van der Waals surface area contributed by atoms with Gasteiger partial charge in [0.1, 0.15) is 5.78 Å². The fraction of sp³-hybridized carbons (Fsp3) is 0.190. The summed E-state index contributed by atoms with van der Waals surface area (Å²) in [7, 11) is 0. The van der Waals surface area contributed by atoms with E-state index >= 15 is 0 Å². The van der Waals surface area contributed by atoms with Crippen LogP contribution in [-0.4, -0.2) is 16.7 Å². The smallest absolute Gasteiger partial charge is 0.256 e. The zero-order chi connectivity index (χ0) is 17.8. The van der Waals surface area contributed by atoms with E-state index in [4.69, 9.17) is 0 Å². The molecule has 1 heterocycles. The number of Topliss-reactive ketones (excluding diaryl/α,β-unsaturated/α-hetero) is 1. The van der Waals surface area contributed by atoms with E-state index in [2.05, 4.69) is 10.3 Å². The van der Waals surface area contributed by atoms with Gasteiger partial charge in [-0.1, -0.05) is 36.4 Å². The van der Waals surface area contributed by atoms with E-state index in [0.717, 1.165) is 22.0 Å². The minimum Gasteiger partial charge on any atom is -0.320 e. The molecule has 0 bridgehead atoms. The fourth-order valence-electron chi connectivity index (χ4n) is 2.96. The van der Waals surface area contributed by atoms with Crippen molar-refractivity contribution in [2.75, 3.05) is 5.32 Å². The SMILES string of the molecule is CC(=O)CCc1cccc(C)c1C(=O)Nc1cccc2cccnc12. The summed E-state index contributed by atoms with van der Waals surface area (Å²) in [4.78, 5) is 28.6. The number of anilines is 1. The molecule has 0 saturated carbocycles. The number of ketones is 1. The molecule has 0 aliphatic carbocycles. The number of fused-ring (bicyclic) bond motifs is 1. The molecule has 1 amide bonds. The maximum absolute atomic E-state index is 12.9. The topological polar surface area (TPSA) is 59.1 Å². The van der Waals surface area contributed by atoms with Gasteiger partial charge < -0.3 is 10.1 Å². The number of hydrogen-bond donors (Lipinski definition) is 1. The summed E-state index contributed by atoms with van der Waals surface area (Å²) in [5.41, 5.74) is 3.87. The molecule has 126 valence electrons. The van der Waals surface area contributed by atoms with E-state index < -0.39 is 0 Å². The van der Waals surface area contributed by atoms with Gasteiger partial charge >= 0.3 is 0 Å². The number of hydrogen-bond acceptors (Lipinski definition) is 3. The lowest BCUT2D eigenvalue weighted by molar-refractivity contribution is -0.116. The Morgan fingerprint density at radius 3 is 2.60 bits per heavy atom. The standard InChI is InChI=1S/C21H20N2O2/c1-14-6-3-7-16(12-11-15(2)24)19(14)21(25)23-18-10-4-8-17-9-5-13-22-20(17)18/h3-10,13H,11-12H2,1-2H3,(H,23,25). The quantitative estimate of drug-likeness (QED) is 0.757. The lowest BCUT2D eigenvalue weighted by Gasteiger charge is -2.13. The third kappa shape index (κ3) is 3.74. The molecule has 3 rings (SSSR count). The van der Waals surface area contributed by atoms with E-state index in [1.54, 1.807) is 13.1 Å². The van der Waals surface area contributed by atoms with Gasteiger partial charge in [-0.15, -0.1) is 0 Å². The lowest BCUT2D eigenvalue weighted by atomic mass is 9.97. The highest BCUT2D eigenvalue weighted by Gasteiger charge is 2.16. The van der Waals surface area contributed by atoms with Gasteiger partial charge in [-0.2, -0.15) is 0 Å². The van der Waals surface area contributed by atoms with Gasteiger partial charge in [-0.25, -0.2) is 0 Å². The molecule has 1 aromatic heterocycles.